The normalized spacial score (nSPS) is 13.8. The number of carbonyl (C=O) groups excluding carboxylic acids is 4. The second-order valence-corrected chi connectivity index (χ2v) is 46.0. The molecule has 0 aliphatic heterocycles. The summed E-state index contributed by atoms with van der Waals surface area (Å²) in [5.41, 5.74) is 3.12. The molecule has 0 aromatic rings. The molecule has 0 bridgehead atoms. The van der Waals surface area contributed by atoms with Crippen LogP contribution in [-0.4, -0.2) is 178 Å². The molecule has 0 aliphatic carbocycles. The van der Waals surface area contributed by atoms with Crippen LogP contribution in [0.15, 0.2) is 183 Å². The monoisotopic (exact) mass is 2480 g/mol. The van der Waals surface area contributed by atoms with Crippen LogP contribution in [0.3, 0.4) is 0 Å². The number of hydrogen-bond acceptors (Lipinski definition) is 17. The molecule has 0 fully saturated rings. The zero-order chi connectivity index (χ0) is 108. The van der Waals surface area contributed by atoms with Gasteiger partial charge in [-0.25, -0.2) is 19.2 Å². The first kappa shape index (κ1) is 163. The van der Waals surface area contributed by atoms with Crippen molar-refractivity contribution in [2.75, 3.05) is 38.2 Å². The number of ether oxygens (including phenoxy) is 4. The van der Waals surface area contributed by atoms with Crippen LogP contribution in [0.1, 0.15) is 395 Å². The maximum Gasteiger partial charge on any atom is 0.331 e. The van der Waals surface area contributed by atoms with Crippen LogP contribution in [0, 0.1) is 32.3 Å². The van der Waals surface area contributed by atoms with Crippen molar-refractivity contribution in [1.29, 1.82) is 0 Å². The van der Waals surface area contributed by atoms with E-state index >= 15 is 0 Å². The zero-order valence-electron chi connectivity index (χ0n) is 92.4. The Morgan fingerprint density at radius 2 is 0.565 bits per heavy atom. The van der Waals surface area contributed by atoms with Crippen molar-refractivity contribution in [2.24, 2.45) is 0 Å². The van der Waals surface area contributed by atoms with E-state index < -0.39 is 74.3 Å². The Labute approximate surface area is 920 Å². The van der Waals surface area contributed by atoms with Gasteiger partial charge in [-0.2, -0.15) is 9.90 Å². The van der Waals surface area contributed by atoms with Crippen molar-refractivity contribution in [2.45, 2.75) is 464 Å². The Bertz CT molecular complexity index is 3190. The molecule has 5 unspecified atom stereocenters. The Balaban J connectivity index is -0.000000105. The molecule has 17 nitrogen and oxygen atoms in total. The Kier molecular flexibility index (Phi) is 108. The summed E-state index contributed by atoms with van der Waals surface area (Å²) in [6.45, 7) is 86.2. The maximum atomic E-state index is 11.3. The molecule has 0 heterocycles. The first-order valence-electron chi connectivity index (χ1n) is 47.8. The first-order valence-corrected chi connectivity index (χ1v) is 50.4. The Hall–Kier alpha value is -2.38. The quantitative estimate of drug-likeness (QED) is 0.00683. The van der Waals surface area contributed by atoms with E-state index in [9.17, 15) is 49.8 Å². The Morgan fingerprint density at radius 1 is 0.312 bits per heavy atom. The molecule has 0 amide bonds. The van der Waals surface area contributed by atoms with Crippen molar-refractivity contribution in [3.63, 3.8) is 0 Å². The Morgan fingerprint density at radius 3 is 0.833 bits per heavy atom. The van der Waals surface area contributed by atoms with Gasteiger partial charge in [0.05, 0.1) is 58.3 Å². The summed E-state index contributed by atoms with van der Waals surface area (Å²) < 4.78 is 20.6. The number of alkyl halides is 6. The van der Waals surface area contributed by atoms with E-state index in [1.54, 1.807) is 60.6 Å². The molecule has 810 valence electrons. The number of rotatable bonds is 57. The maximum absolute atomic E-state index is 11.3. The molecule has 0 aliphatic rings. The minimum atomic E-state index is -0.786. The molecule has 0 spiro atoms. The molecule has 0 saturated heterocycles. The number of esters is 4. The third kappa shape index (κ3) is 147. The number of halogens is 6. The van der Waals surface area contributed by atoms with Gasteiger partial charge in [-0.15, -0.1) is 89.3 Å². The van der Waals surface area contributed by atoms with E-state index in [0.717, 1.165) is 165 Å². The molecule has 9 N–H and O–H groups in total. The van der Waals surface area contributed by atoms with Gasteiger partial charge in [0, 0.05) is 107 Å². The third-order valence-electron chi connectivity index (χ3n) is 20.0. The predicted octanol–water partition coefficient (Wildman–Crippen LogP) is 30.2. The van der Waals surface area contributed by atoms with Crippen LogP contribution in [0.2, 0.25) is 0 Å². The summed E-state index contributed by atoms with van der Waals surface area (Å²) in [5.74, 6) is -0.513. The van der Waals surface area contributed by atoms with Gasteiger partial charge < -0.3 is 64.9 Å². The largest absolute Gasteiger partial charge is 0.458 e. The molecule has 138 heavy (non-hydrogen) atoms. The van der Waals surface area contributed by atoms with Crippen LogP contribution in [-0.2, 0) is 60.5 Å². The molecule has 0 aromatic heterocycles. The van der Waals surface area contributed by atoms with Gasteiger partial charge >= 0.3 is 23.9 Å². The summed E-state index contributed by atoms with van der Waals surface area (Å²) in [5, 5.41) is 82.3. The van der Waals surface area contributed by atoms with Gasteiger partial charge in [-0.05, 0) is 406 Å². The van der Waals surface area contributed by atoms with E-state index in [-0.39, 0.29) is 112 Å². The van der Waals surface area contributed by atoms with E-state index in [4.69, 9.17) is 104 Å². The zero-order valence-corrected chi connectivity index (χ0v) is 106. The minimum absolute atomic E-state index is 0. The molecular weight excluding hydrogens is 2270 g/mol. The average Bonchev–Trinajstić information content (AvgIpc) is 0.875. The smallest absolute Gasteiger partial charge is 0.331 e. The second-order valence-electron chi connectivity index (χ2n) is 41.4. The molecule has 0 saturated carbocycles. The summed E-state index contributed by atoms with van der Waals surface area (Å²) >= 11 is 35.3. The van der Waals surface area contributed by atoms with Crippen LogP contribution < -0.4 is 0 Å². The second kappa shape index (κ2) is 90.9. The van der Waals surface area contributed by atoms with Crippen molar-refractivity contribution >= 4 is 103 Å². The van der Waals surface area contributed by atoms with Crippen molar-refractivity contribution in [1.82, 2.24) is 0 Å². The molecule has 0 aromatic carbocycles. The van der Waals surface area contributed by atoms with E-state index in [0.29, 0.717) is 56.7 Å². The average molecular weight is 2480 g/mol. The fourth-order valence-corrected chi connectivity index (χ4v) is 12.3. The summed E-state index contributed by atoms with van der Waals surface area (Å²) in [6, 6.07) is 0. The van der Waals surface area contributed by atoms with Crippen molar-refractivity contribution < 1.29 is 140 Å². The topological polar surface area (TPSA) is 287 Å². The van der Waals surface area contributed by atoms with Crippen LogP contribution >= 0.6 is 79.5 Å². The van der Waals surface area contributed by atoms with Crippen LogP contribution in [0.5, 0.6) is 0 Å². The standard InChI is InChI=1S/2C16H24O4.3C10H18Cl2.4C10H20O2.C10H18O.H3P.Pa.Ta.H2/c1-7-13(17)19-15(4,5)11-10-12-16(6,9-3)20-14(18)8-2;1-6-14(17)19-12-10-13(3)9-8-11-16(4,5)20-15(18)7-2;2*1-9(6-8-11)5-4-7-10(2,3)12;1-5-10(4,12)8-6-7-9(2,3)11;2*1-9(6-8-11)5-4-7-10(2,3)12;2*1-5-10(4,12)8-6-7-9(2,3)11;1-9(2)5-4-6-10(3)7-8-11;;;;/h7-9H,1-3,10-12H2,4-6H3;6-7,10H,1-2,8-9,11-12H2,3-5H3;2*6H,4-5,7-8H2,1-3H3;5H,1,6-8H2,2-4H3;2*6,11-12H,4-5,7-8H2,1-3H3;2*5,11-12H,1,6-8H2,2-4H3;5,7,11H,4,6,8H2,1-3H3;1H3;;;1H/i;;;;;;;;;;;;;1+2. The SMILES string of the molecule is C=CC(=O)OC(C)(C)CCCC(C)(C=C)OC(=O)C=C.C=CC(=O)OCC=C(C)CCCC(C)(C)OC(=O)C=C.C=CC(C)(Cl)CCCC(C)(C)Cl.C=CC(C)(O)CCCC(C)(C)O.C=CC(C)(O)CCCC(C)(C)O.CC(=CCCl)CCCC(C)(C)Cl.CC(=CCCl)CCCC(C)(C)Cl.CC(=CCO)CCCC(C)(C)O.CC(=CCO)CCCC(C)(C)O.CC(C)=CCCC(C)=CCO.P.[3HH].[Pa].[Ta]. The van der Waals surface area contributed by atoms with Gasteiger partial charge in [-0.1, -0.05) is 127 Å². The molecule has 2 radical (unpaired) electrons. The number of aliphatic hydroxyl groups excluding tert-OH is 3. The summed E-state index contributed by atoms with van der Waals surface area (Å²) in [7, 11) is 0. The van der Waals surface area contributed by atoms with Gasteiger partial charge in [0.25, 0.3) is 0 Å². The fraction of sp³-hybridized carbons (Fsp3) is 0.696. The predicted molar refractivity (Wildman–Crippen MR) is 600 cm³/mol. The van der Waals surface area contributed by atoms with E-state index in [2.05, 4.69) is 133 Å². The fourth-order valence-electron chi connectivity index (χ4n) is 11.2. The van der Waals surface area contributed by atoms with E-state index in [1.807, 2.05) is 121 Å². The molecular formula is C112H205Cl6O17PPaTa. The summed E-state index contributed by atoms with van der Waals surface area (Å²) in [4.78, 5) is 44.0. The van der Waals surface area contributed by atoms with Gasteiger partial charge in [-0.3, -0.25) is 0 Å². The van der Waals surface area contributed by atoms with Gasteiger partial charge in [0.15, 0.2) is 0 Å². The minimum Gasteiger partial charge on any atom is -0.458 e. The van der Waals surface area contributed by atoms with Crippen LogP contribution in [0.25, 0.3) is 0 Å². The van der Waals surface area contributed by atoms with Gasteiger partial charge in [0.2, 0.25) is 0 Å². The molecule has 26 heteroatoms. The summed E-state index contributed by atoms with van der Waals surface area (Å²) in [6.07, 6.45) is 50.7. The van der Waals surface area contributed by atoms with Crippen LogP contribution in [0.4, 0.5) is 0 Å². The molecule has 5 atom stereocenters. The number of aliphatic hydroxyl groups is 9. The molecule has 0 rings (SSSR count). The first-order chi connectivity index (χ1) is 61.3. The third-order valence-corrected chi connectivity index (χ3v) is 21.2. The van der Waals surface area contributed by atoms with Gasteiger partial charge in [0.1, 0.15) is 23.4 Å². The van der Waals surface area contributed by atoms with Crippen molar-refractivity contribution in [3.05, 3.63) is 183 Å². The number of carbonyl (C=O) groups is 4. The van der Waals surface area contributed by atoms with E-state index in [1.165, 1.54) is 51.7 Å². The number of hydrogen-bond donors (Lipinski definition) is 9. The van der Waals surface area contributed by atoms with Crippen molar-refractivity contribution in [3.8, 4) is 0 Å². The number of allylic oxidation sites excluding steroid dienone is 11.